The van der Waals surface area contributed by atoms with Crippen LogP contribution >= 0.6 is 0 Å². The van der Waals surface area contributed by atoms with Crippen molar-refractivity contribution in [3.8, 4) is 11.5 Å². The molecule has 1 unspecified atom stereocenters. The summed E-state index contributed by atoms with van der Waals surface area (Å²) < 4.78 is 15.4. The molecule has 0 aliphatic carbocycles. The predicted octanol–water partition coefficient (Wildman–Crippen LogP) is 1.23. The van der Waals surface area contributed by atoms with Gasteiger partial charge >= 0.3 is 5.97 Å². The molecule has 5 heteroatoms. The van der Waals surface area contributed by atoms with Gasteiger partial charge in [-0.25, -0.2) is 0 Å². The highest BCUT2D eigenvalue weighted by Gasteiger charge is 2.16. The summed E-state index contributed by atoms with van der Waals surface area (Å²) in [6, 6.07) is 7.03. The van der Waals surface area contributed by atoms with Crippen LogP contribution in [0.3, 0.4) is 0 Å². The Bertz CT molecular complexity index is 381. The van der Waals surface area contributed by atoms with Crippen molar-refractivity contribution in [2.45, 2.75) is 12.5 Å². The Balaban J connectivity index is 2.47. The Morgan fingerprint density at radius 2 is 1.94 bits per heavy atom. The fourth-order valence-electron chi connectivity index (χ4n) is 1.55. The monoisotopic (exact) mass is 253 g/mol. The fraction of sp³-hybridized carbons (Fsp3) is 0.462. The molecule has 0 aromatic heterocycles. The van der Waals surface area contributed by atoms with Gasteiger partial charge in [-0.1, -0.05) is 12.1 Å². The molecule has 1 atom stereocenters. The van der Waals surface area contributed by atoms with E-state index in [-0.39, 0.29) is 12.0 Å². The van der Waals surface area contributed by atoms with Gasteiger partial charge in [0.1, 0.15) is 6.04 Å². The lowest BCUT2D eigenvalue weighted by Crippen LogP contribution is -2.36. The van der Waals surface area contributed by atoms with Crippen LogP contribution in [-0.4, -0.2) is 39.9 Å². The van der Waals surface area contributed by atoms with Crippen molar-refractivity contribution in [2.75, 3.05) is 27.9 Å². The summed E-state index contributed by atoms with van der Waals surface area (Å²) in [4.78, 5) is 11.3. The molecule has 1 rings (SSSR count). The van der Waals surface area contributed by atoms with Gasteiger partial charge in [-0.2, -0.15) is 0 Å². The van der Waals surface area contributed by atoms with E-state index < -0.39 is 0 Å². The standard InChI is InChI=1S/C13H19NO4/c1-14-10(13(15)17-3)8-9-18-12-7-5-4-6-11(12)16-2/h4-7,10,14H,8-9H2,1-3H3. The zero-order valence-corrected chi connectivity index (χ0v) is 10.9. The molecule has 0 spiro atoms. The number of esters is 1. The summed E-state index contributed by atoms with van der Waals surface area (Å²) in [6.45, 7) is 0.404. The van der Waals surface area contributed by atoms with Gasteiger partial charge in [0.25, 0.3) is 0 Å². The minimum Gasteiger partial charge on any atom is -0.493 e. The van der Waals surface area contributed by atoms with Crippen LogP contribution in [0.4, 0.5) is 0 Å². The van der Waals surface area contributed by atoms with Gasteiger partial charge in [-0.3, -0.25) is 4.79 Å². The zero-order chi connectivity index (χ0) is 13.4. The average molecular weight is 253 g/mol. The van der Waals surface area contributed by atoms with Crippen LogP contribution in [0.15, 0.2) is 24.3 Å². The first-order valence-electron chi connectivity index (χ1n) is 5.73. The van der Waals surface area contributed by atoms with Gasteiger partial charge in [-0.15, -0.1) is 0 Å². The van der Waals surface area contributed by atoms with E-state index in [9.17, 15) is 4.79 Å². The summed E-state index contributed by atoms with van der Waals surface area (Å²) in [7, 11) is 4.67. The van der Waals surface area contributed by atoms with Crippen molar-refractivity contribution in [3.05, 3.63) is 24.3 Å². The third kappa shape index (κ3) is 3.92. The second-order valence-electron chi connectivity index (χ2n) is 3.65. The number of para-hydroxylation sites is 2. The molecule has 100 valence electrons. The van der Waals surface area contributed by atoms with Gasteiger partial charge in [0, 0.05) is 6.42 Å². The Hall–Kier alpha value is -1.75. The van der Waals surface area contributed by atoms with Crippen LogP contribution in [0, 0.1) is 0 Å². The molecule has 0 aliphatic rings. The van der Waals surface area contributed by atoms with Crippen LogP contribution in [0.2, 0.25) is 0 Å². The lowest BCUT2D eigenvalue weighted by atomic mass is 10.2. The molecular weight excluding hydrogens is 234 g/mol. The molecule has 5 nitrogen and oxygen atoms in total. The smallest absolute Gasteiger partial charge is 0.322 e. The lowest BCUT2D eigenvalue weighted by Gasteiger charge is -2.15. The summed E-state index contributed by atoms with van der Waals surface area (Å²) in [5, 5.41) is 2.88. The van der Waals surface area contributed by atoms with Crippen molar-refractivity contribution >= 4 is 5.97 Å². The third-order valence-corrected chi connectivity index (χ3v) is 2.57. The Labute approximate surface area is 107 Å². The molecule has 0 fully saturated rings. The number of nitrogens with one attached hydrogen (secondary N) is 1. The normalized spacial score (nSPS) is 11.7. The molecule has 0 bridgehead atoms. The predicted molar refractivity (Wildman–Crippen MR) is 68.0 cm³/mol. The van der Waals surface area contributed by atoms with E-state index in [1.54, 1.807) is 14.2 Å². The maximum Gasteiger partial charge on any atom is 0.322 e. The van der Waals surface area contributed by atoms with Crippen LogP contribution in [0.25, 0.3) is 0 Å². The highest BCUT2D eigenvalue weighted by atomic mass is 16.5. The molecule has 18 heavy (non-hydrogen) atoms. The first kappa shape index (κ1) is 14.3. The lowest BCUT2D eigenvalue weighted by molar-refractivity contribution is -0.143. The van der Waals surface area contributed by atoms with Crippen molar-refractivity contribution in [1.82, 2.24) is 5.32 Å². The van der Waals surface area contributed by atoms with Crippen LogP contribution in [0.1, 0.15) is 6.42 Å². The van der Waals surface area contributed by atoms with Crippen LogP contribution in [-0.2, 0) is 9.53 Å². The number of methoxy groups -OCH3 is 2. The molecule has 0 amide bonds. The van der Waals surface area contributed by atoms with Gasteiger partial charge in [0.05, 0.1) is 20.8 Å². The van der Waals surface area contributed by atoms with Gasteiger partial charge in [-0.05, 0) is 19.2 Å². The average Bonchev–Trinajstić information content (AvgIpc) is 2.43. The first-order chi connectivity index (χ1) is 8.72. The van der Waals surface area contributed by atoms with Crippen molar-refractivity contribution in [3.63, 3.8) is 0 Å². The molecule has 0 heterocycles. The number of rotatable bonds is 7. The molecule has 0 saturated heterocycles. The molecule has 1 N–H and O–H groups in total. The number of benzene rings is 1. The van der Waals surface area contributed by atoms with E-state index in [1.165, 1.54) is 7.11 Å². The largest absolute Gasteiger partial charge is 0.493 e. The van der Waals surface area contributed by atoms with Crippen molar-refractivity contribution in [2.24, 2.45) is 0 Å². The van der Waals surface area contributed by atoms with Crippen LogP contribution in [0.5, 0.6) is 11.5 Å². The van der Waals surface area contributed by atoms with E-state index in [0.29, 0.717) is 24.5 Å². The quantitative estimate of drug-likeness (QED) is 0.741. The Morgan fingerprint density at radius 1 is 1.28 bits per heavy atom. The minimum atomic E-state index is -0.357. The molecule has 0 radical (unpaired) electrons. The molecular formula is C13H19NO4. The Kier molecular flexibility index (Phi) is 6.00. The maximum absolute atomic E-state index is 11.3. The van der Waals surface area contributed by atoms with Gasteiger partial charge in [0.15, 0.2) is 11.5 Å². The SMILES string of the molecule is CNC(CCOc1ccccc1OC)C(=O)OC. The van der Waals surface area contributed by atoms with E-state index in [4.69, 9.17) is 9.47 Å². The minimum absolute atomic E-state index is 0.291. The second-order valence-corrected chi connectivity index (χ2v) is 3.65. The first-order valence-corrected chi connectivity index (χ1v) is 5.73. The molecule has 0 aliphatic heterocycles. The van der Waals surface area contributed by atoms with E-state index in [0.717, 1.165) is 0 Å². The highest BCUT2D eigenvalue weighted by molar-refractivity contribution is 5.75. The summed E-state index contributed by atoms with van der Waals surface area (Å²) in [5.74, 6) is 1.05. The molecule has 0 saturated carbocycles. The molecule has 1 aromatic rings. The summed E-state index contributed by atoms with van der Waals surface area (Å²) >= 11 is 0. The number of ether oxygens (including phenoxy) is 3. The van der Waals surface area contributed by atoms with Crippen LogP contribution < -0.4 is 14.8 Å². The van der Waals surface area contributed by atoms with Crippen molar-refractivity contribution < 1.29 is 19.0 Å². The third-order valence-electron chi connectivity index (χ3n) is 2.57. The number of hydrogen-bond donors (Lipinski definition) is 1. The second kappa shape index (κ2) is 7.55. The topological polar surface area (TPSA) is 56.8 Å². The number of carbonyl (C=O) groups is 1. The van der Waals surface area contributed by atoms with Crippen molar-refractivity contribution in [1.29, 1.82) is 0 Å². The molecule has 1 aromatic carbocycles. The summed E-state index contributed by atoms with van der Waals surface area (Å²) in [6.07, 6.45) is 0.529. The number of likely N-dealkylation sites (N-methyl/N-ethyl adjacent to an activating group) is 1. The number of hydrogen-bond acceptors (Lipinski definition) is 5. The van der Waals surface area contributed by atoms with E-state index >= 15 is 0 Å². The zero-order valence-electron chi connectivity index (χ0n) is 10.9. The van der Waals surface area contributed by atoms with Gasteiger partial charge in [0.2, 0.25) is 0 Å². The highest BCUT2D eigenvalue weighted by Crippen LogP contribution is 2.25. The maximum atomic E-state index is 11.3. The Morgan fingerprint density at radius 3 is 2.50 bits per heavy atom. The van der Waals surface area contributed by atoms with Gasteiger partial charge < -0.3 is 19.5 Å². The van der Waals surface area contributed by atoms with E-state index in [2.05, 4.69) is 10.1 Å². The number of carbonyl (C=O) groups excluding carboxylic acids is 1. The summed E-state index contributed by atoms with van der Waals surface area (Å²) in [5.41, 5.74) is 0. The van der Waals surface area contributed by atoms with E-state index in [1.807, 2.05) is 24.3 Å². The fourth-order valence-corrected chi connectivity index (χ4v) is 1.55.